The van der Waals surface area contributed by atoms with E-state index in [1.54, 1.807) is 30.5 Å². The largest absolute Gasteiger partial charge is 0.467 e. The number of benzene rings is 1. The van der Waals surface area contributed by atoms with Crippen LogP contribution in [0.3, 0.4) is 0 Å². The van der Waals surface area contributed by atoms with Crippen LogP contribution in [-0.4, -0.2) is 5.91 Å². The maximum Gasteiger partial charge on any atom is 0.252 e. The van der Waals surface area contributed by atoms with E-state index in [0.29, 0.717) is 11.3 Å². The molecule has 0 aliphatic heterocycles. The number of nitrogens with two attached hydrogens (primary N) is 1. The van der Waals surface area contributed by atoms with Gasteiger partial charge in [0.15, 0.2) is 0 Å². The van der Waals surface area contributed by atoms with Gasteiger partial charge in [-0.2, -0.15) is 0 Å². The van der Waals surface area contributed by atoms with E-state index in [2.05, 4.69) is 5.32 Å². The number of aryl methyl sites for hydroxylation is 1. The smallest absolute Gasteiger partial charge is 0.252 e. The monoisotopic (exact) mass is 244 g/mol. The third-order valence-electron chi connectivity index (χ3n) is 2.81. The summed E-state index contributed by atoms with van der Waals surface area (Å²) in [6.45, 7) is 3.74. The zero-order chi connectivity index (χ0) is 13.1. The molecule has 0 bridgehead atoms. The molecule has 18 heavy (non-hydrogen) atoms. The summed E-state index contributed by atoms with van der Waals surface area (Å²) in [7, 11) is 0. The van der Waals surface area contributed by atoms with Gasteiger partial charge in [0.2, 0.25) is 0 Å². The van der Waals surface area contributed by atoms with Crippen molar-refractivity contribution >= 4 is 11.6 Å². The van der Waals surface area contributed by atoms with Gasteiger partial charge in [0, 0.05) is 11.3 Å². The first kappa shape index (κ1) is 12.2. The molecule has 4 heteroatoms. The van der Waals surface area contributed by atoms with E-state index < -0.39 is 0 Å². The Morgan fingerprint density at radius 2 is 2.17 bits per heavy atom. The minimum Gasteiger partial charge on any atom is -0.467 e. The number of furan rings is 1. The van der Waals surface area contributed by atoms with Crippen LogP contribution in [0.4, 0.5) is 5.69 Å². The van der Waals surface area contributed by atoms with Crippen LogP contribution in [0.25, 0.3) is 0 Å². The summed E-state index contributed by atoms with van der Waals surface area (Å²) < 4.78 is 5.25. The summed E-state index contributed by atoms with van der Waals surface area (Å²) in [5.74, 6) is 0.604. The van der Waals surface area contributed by atoms with Crippen molar-refractivity contribution in [3.63, 3.8) is 0 Å². The molecule has 0 fully saturated rings. The van der Waals surface area contributed by atoms with Crippen molar-refractivity contribution in [2.45, 2.75) is 19.9 Å². The van der Waals surface area contributed by atoms with Crippen LogP contribution in [-0.2, 0) is 0 Å². The van der Waals surface area contributed by atoms with Crippen LogP contribution in [0, 0.1) is 6.92 Å². The van der Waals surface area contributed by atoms with Gasteiger partial charge in [-0.05, 0) is 49.7 Å². The Balaban J connectivity index is 2.12. The molecule has 0 saturated heterocycles. The molecule has 3 N–H and O–H groups in total. The van der Waals surface area contributed by atoms with Crippen molar-refractivity contribution in [1.82, 2.24) is 5.32 Å². The topological polar surface area (TPSA) is 68.3 Å². The van der Waals surface area contributed by atoms with Crippen LogP contribution in [0.15, 0.2) is 41.0 Å². The standard InChI is InChI=1S/C14H16N2O2/c1-9-8-11(15)5-6-12(9)14(17)16-10(2)13-4-3-7-18-13/h3-8,10H,15H2,1-2H3,(H,16,17). The molecule has 1 unspecified atom stereocenters. The van der Waals surface area contributed by atoms with E-state index in [1.165, 1.54) is 0 Å². The lowest BCUT2D eigenvalue weighted by Gasteiger charge is -2.13. The second-order valence-corrected chi connectivity index (χ2v) is 4.28. The molecule has 0 radical (unpaired) electrons. The van der Waals surface area contributed by atoms with Crippen LogP contribution in [0.1, 0.15) is 34.6 Å². The predicted octanol–water partition coefficient (Wildman–Crippen LogP) is 2.66. The summed E-state index contributed by atoms with van der Waals surface area (Å²) in [5, 5.41) is 2.89. The highest BCUT2D eigenvalue weighted by atomic mass is 16.3. The summed E-state index contributed by atoms with van der Waals surface area (Å²) in [4.78, 5) is 12.1. The Morgan fingerprint density at radius 3 is 2.78 bits per heavy atom. The number of hydrogen-bond donors (Lipinski definition) is 2. The molecule has 0 aliphatic carbocycles. The Hall–Kier alpha value is -2.23. The van der Waals surface area contributed by atoms with Crippen molar-refractivity contribution in [3.05, 3.63) is 53.5 Å². The SMILES string of the molecule is Cc1cc(N)ccc1C(=O)NC(C)c1ccco1. The molecule has 0 saturated carbocycles. The van der Waals surface area contributed by atoms with Crippen LogP contribution in [0.5, 0.6) is 0 Å². The van der Waals surface area contributed by atoms with Gasteiger partial charge in [0.05, 0.1) is 12.3 Å². The number of hydrogen-bond acceptors (Lipinski definition) is 3. The molecule has 0 aliphatic rings. The quantitative estimate of drug-likeness (QED) is 0.815. The van der Waals surface area contributed by atoms with E-state index in [9.17, 15) is 4.79 Å². The Morgan fingerprint density at radius 1 is 1.39 bits per heavy atom. The third-order valence-corrected chi connectivity index (χ3v) is 2.81. The van der Waals surface area contributed by atoms with Crippen LogP contribution < -0.4 is 11.1 Å². The molecule has 4 nitrogen and oxygen atoms in total. The Labute approximate surface area is 106 Å². The van der Waals surface area contributed by atoms with Crippen molar-refractivity contribution in [2.24, 2.45) is 0 Å². The van der Waals surface area contributed by atoms with Crippen LogP contribution in [0.2, 0.25) is 0 Å². The van der Waals surface area contributed by atoms with Gasteiger partial charge in [-0.3, -0.25) is 4.79 Å². The molecule has 94 valence electrons. The summed E-state index contributed by atoms with van der Waals surface area (Å²) in [6, 6.07) is 8.71. The summed E-state index contributed by atoms with van der Waals surface area (Å²) in [5.41, 5.74) is 7.80. The summed E-state index contributed by atoms with van der Waals surface area (Å²) >= 11 is 0. The molecule has 1 heterocycles. The fraction of sp³-hybridized carbons (Fsp3) is 0.214. The fourth-order valence-corrected chi connectivity index (χ4v) is 1.82. The van der Waals surface area contributed by atoms with Crippen molar-refractivity contribution in [1.29, 1.82) is 0 Å². The van der Waals surface area contributed by atoms with Gasteiger partial charge < -0.3 is 15.5 Å². The highest BCUT2D eigenvalue weighted by Crippen LogP contribution is 2.16. The number of carbonyl (C=O) groups excluding carboxylic acids is 1. The number of anilines is 1. The lowest BCUT2D eigenvalue weighted by Crippen LogP contribution is -2.27. The molecule has 1 aromatic carbocycles. The molecule has 2 rings (SSSR count). The van der Waals surface area contributed by atoms with Gasteiger partial charge in [-0.25, -0.2) is 0 Å². The average Bonchev–Trinajstić information content (AvgIpc) is 2.81. The normalized spacial score (nSPS) is 12.1. The van der Waals surface area contributed by atoms with Crippen molar-refractivity contribution in [3.8, 4) is 0 Å². The minimum atomic E-state index is -0.163. The molecule has 0 spiro atoms. The van der Waals surface area contributed by atoms with Gasteiger partial charge >= 0.3 is 0 Å². The highest BCUT2D eigenvalue weighted by molar-refractivity contribution is 5.96. The molecular formula is C14H16N2O2. The van der Waals surface area contributed by atoms with E-state index in [-0.39, 0.29) is 11.9 Å². The van der Waals surface area contributed by atoms with Crippen molar-refractivity contribution < 1.29 is 9.21 Å². The second-order valence-electron chi connectivity index (χ2n) is 4.28. The number of nitrogens with one attached hydrogen (secondary N) is 1. The zero-order valence-corrected chi connectivity index (χ0v) is 10.4. The van der Waals surface area contributed by atoms with E-state index in [1.807, 2.05) is 19.9 Å². The number of amides is 1. The van der Waals surface area contributed by atoms with Crippen LogP contribution >= 0.6 is 0 Å². The second kappa shape index (κ2) is 4.96. The van der Waals surface area contributed by atoms with Gasteiger partial charge in [0.25, 0.3) is 5.91 Å². The third kappa shape index (κ3) is 2.53. The molecule has 1 atom stereocenters. The molecule has 2 aromatic rings. The summed E-state index contributed by atoms with van der Waals surface area (Å²) in [6.07, 6.45) is 1.59. The lowest BCUT2D eigenvalue weighted by atomic mass is 10.1. The van der Waals surface area contributed by atoms with E-state index in [4.69, 9.17) is 10.2 Å². The zero-order valence-electron chi connectivity index (χ0n) is 10.4. The Bertz CT molecular complexity index is 547. The maximum absolute atomic E-state index is 12.1. The van der Waals surface area contributed by atoms with E-state index >= 15 is 0 Å². The molecular weight excluding hydrogens is 228 g/mol. The molecule has 1 aromatic heterocycles. The lowest BCUT2D eigenvalue weighted by molar-refractivity contribution is 0.0935. The number of rotatable bonds is 3. The first-order valence-corrected chi connectivity index (χ1v) is 5.78. The number of carbonyl (C=O) groups is 1. The first-order chi connectivity index (χ1) is 8.58. The Kier molecular flexibility index (Phi) is 3.37. The van der Waals surface area contributed by atoms with E-state index in [0.717, 1.165) is 11.3 Å². The average molecular weight is 244 g/mol. The van der Waals surface area contributed by atoms with Gasteiger partial charge in [0.1, 0.15) is 5.76 Å². The maximum atomic E-state index is 12.1. The first-order valence-electron chi connectivity index (χ1n) is 5.78. The minimum absolute atomic E-state index is 0.128. The van der Waals surface area contributed by atoms with Gasteiger partial charge in [-0.1, -0.05) is 0 Å². The fourth-order valence-electron chi connectivity index (χ4n) is 1.82. The van der Waals surface area contributed by atoms with Crippen molar-refractivity contribution in [2.75, 3.05) is 5.73 Å². The highest BCUT2D eigenvalue weighted by Gasteiger charge is 2.14. The predicted molar refractivity (Wildman–Crippen MR) is 70.2 cm³/mol. The molecule has 1 amide bonds. The number of nitrogen functional groups attached to an aromatic ring is 1. The van der Waals surface area contributed by atoms with Gasteiger partial charge in [-0.15, -0.1) is 0 Å².